The van der Waals surface area contributed by atoms with Crippen molar-refractivity contribution in [2.75, 3.05) is 6.26 Å². The van der Waals surface area contributed by atoms with Crippen LogP contribution in [-0.4, -0.2) is 30.3 Å². The van der Waals surface area contributed by atoms with Crippen LogP contribution in [0.2, 0.25) is 5.02 Å². The number of fused-ring (bicyclic) bond motifs is 3. The first-order valence-electron chi connectivity index (χ1n) is 10.1. The minimum absolute atomic E-state index is 0.0622. The second-order valence-corrected chi connectivity index (χ2v) is 10.6. The van der Waals surface area contributed by atoms with Gasteiger partial charge in [-0.2, -0.15) is 0 Å². The summed E-state index contributed by atoms with van der Waals surface area (Å²) in [5.74, 6) is -1.81. The average molecular weight is 464 g/mol. The molecule has 4 rings (SSSR count). The average Bonchev–Trinajstić information content (AvgIpc) is 3.01. The third kappa shape index (κ3) is 3.96. The molecule has 3 aromatic rings. The van der Waals surface area contributed by atoms with Crippen molar-refractivity contribution < 1.29 is 22.7 Å². The third-order valence-corrected chi connectivity index (χ3v) is 7.46. The lowest BCUT2D eigenvalue weighted by Gasteiger charge is -2.28. The molecule has 2 atom stereocenters. The fourth-order valence-corrected chi connectivity index (χ4v) is 5.82. The molecule has 0 radical (unpaired) electrons. The summed E-state index contributed by atoms with van der Waals surface area (Å²) in [5, 5.41) is 10.6. The first kappa shape index (κ1) is 21.8. The van der Waals surface area contributed by atoms with Gasteiger partial charge in [-0.05, 0) is 61.6 Å². The molecule has 5 nitrogen and oxygen atoms in total. The van der Waals surface area contributed by atoms with Gasteiger partial charge in [0.25, 0.3) is 0 Å². The monoisotopic (exact) mass is 463 g/mol. The second kappa shape index (κ2) is 7.95. The van der Waals surface area contributed by atoms with Gasteiger partial charge in [0.2, 0.25) is 0 Å². The Morgan fingerprint density at radius 1 is 1.29 bits per heavy atom. The van der Waals surface area contributed by atoms with Crippen LogP contribution < -0.4 is 0 Å². The Hall–Kier alpha value is -2.38. The number of aromatic nitrogens is 1. The van der Waals surface area contributed by atoms with E-state index in [9.17, 15) is 22.7 Å². The van der Waals surface area contributed by atoms with Crippen LogP contribution >= 0.6 is 11.6 Å². The van der Waals surface area contributed by atoms with Gasteiger partial charge in [0.05, 0.1) is 22.9 Å². The zero-order valence-electron chi connectivity index (χ0n) is 17.2. The van der Waals surface area contributed by atoms with Crippen LogP contribution in [0, 0.1) is 5.82 Å². The summed E-state index contributed by atoms with van der Waals surface area (Å²) in [7, 11) is -3.74. The number of benzene rings is 2. The van der Waals surface area contributed by atoms with Crippen LogP contribution in [0.3, 0.4) is 0 Å². The highest BCUT2D eigenvalue weighted by atomic mass is 35.5. The molecule has 0 bridgehead atoms. The Morgan fingerprint density at radius 3 is 2.58 bits per heavy atom. The SMILES string of the molecule is C[C@H](c1ccc(Cl)cc1)n1c2c(c3cc(F)cc(S(C)(=O)=O)c31)CCC[C@H]2CC(=O)O. The van der Waals surface area contributed by atoms with Crippen molar-refractivity contribution in [2.24, 2.45) is 0 Å². The van der Waals surface area contributed by atoms with Crippen LogP contribution in [0.25, 0.3) is 10.9 Å². The minimum Gasteiger partial charge on any atom is -0.481 e. The lowest BCUT2D eigenvalue weighted by molar-refractivity contribution is -0.137. The molecule has 0 saturated carbocycles. The number of sulfone groups is 1. The maximum Gasteiger partial charge on any atom is 0.304 e. The standard InChI is InChI=1S/C23H23ClFNO4S/c1-13(14-6-8-16(24)9-7-14)26-22-15(10-21(27)28)4-3-5-18(22)19-11-17(25)12-20(23(19)26)31(2,29)30/h6-9,11-13,15H,3-5,10H2,1-2H3,(H,27,28)/t13-,15+/m1/s1. The molecule has 1 heterocycles. The first-order chi connectivity index (χ1) is 14.6. The molecular weight excluding hydrogens is 441 g/mol. The molecule has 8 heteroatoms. The van der Waals surface area contributed by atoms with Crippen molar-refractivity contribution >= 4 is 38.3 Å². The Morgan fingerprint density at radius 2 is 1.97 bits per heavy atom. The summed E-state index contributed by atoms with van der Waals surface area (Å²) < 4.78 is 41.7. The summed E-state index contributed by atoms with van der Waals surface area (Å²) in [4.78, 5) is 11.5. The van der Waals surface area contributed by atoms with E-state index < -0.39 is 21.6 Å². The molecule has 0 fully saturated rings. The zero-order valence-corrected chi connectivity index (χ0v) is 18.8. The van der Waals surface area contributed by atoms with Gasteiger partial charge >= 0.3 is 5.97 Å². The maximum absolute atomic E-state index is 14.5. The maximum atomic E-state index is 14.5. The van der Waals surface area contributed by atoms with Gasteiger partial charge < -0.3 is 9.67 Å². The number of carbonyl (C=O) groups is 1. The molecule has 31 heavy (non-hydrogen) atoms. The van der Waals surface area contributed by atoms with Crippen molar-refractivity contribution in [2.45, 2.75) is 49.5 Å². The predicted molar refractivity (Wildman–Crippen MR) is 118 cm³/mol. The van der Waals surface area contributed by atoms with Crippen molar-refractivity contribution in [3.63, 3.8) is 0 Å². The van der Waals surface area contributed by atoms with Gasteiger partial charge in [0.1, 0.15) is 5.82 Å². The number of carboxylic acids is 1. The van der Waals surface area contributed by atoms with Gasteiger partial charge in [-0.15, -0.1) is 0 Å². The smallest absolute Gasteiger partial charge is 0.304 e. The molecule has 0 saturated heterocycles. The van der Waals surface area contributed by atoms with Gasteiger partial charge in [-0.1, -0.05) is 23.7 Å². The molecule has 1 aliphatic rings. The van der Waals surface area contributed by atoms with E-state index in [1.165, 1.54) is 6.07 Å². The molecule has 2 aromatic carbocycles. The molecule has 164 valence electrons. The van der Waals surface area contributed by atoms with Gasteiger partial charge in [-0.3, -0.25) is 4.79 Å². The summed E-state index contributed by atoms with van der Waals surface area (Å²) in [6.07, 6.45) is 3.10. The van der Waals surface area contributed by atoms with E-state index in [0.29, 0.717) is 28.8 Å². The first-order valence-corrected chi connectivity index (χ1v) is 12.4. The van der Waals surface area contributed by atoms with Crippen LogP contribution in [0.15, 0.2) is 41.3 Å². The molecular formula is C23H23ClFNO4S. The Bertz CT molecular complexity index is 1280. The fraction of sp³-hybridized carbons (Fsp3) is 0.348. The molecule has 0 spiro atoms. The number of rotatable bonds is 5. The van der Waals surface area contributed by atoms with E-state index in [1.807, 2.05) is 23.6 Å². The van der Waals surface area contributed by atoms with E-state index in [-0.39, 0.29) is 23.3 Å². The van der Waals surface area contributed by atoms with Crippen molar-refractivity contribution in [3.05, 3.63) is 64.1 Å². The second-order valence-electron chi connectivity index (χ2n) is 8.22. The summed E-state index contributed by atoms with van der Waals surface area (Å²) in [6, 6.07) is 9.38. The van der Waals surface area contributed by atoms with Crippen LogP contribution in [-0.2, 0) is 21.1 Å². The number of aliphatic carboxylic acids is 1. The summed E-state index contributed by atoms with van der Waals surface area (Å²) >= 11 is 6.04. The number of hydrogen-bond acceptors (Lipinski definition) is 3. The zero-order chi connectivity index (χ0) is 22.5. The number of hydrogen-bond donors (Lipinski definition) is 1. The lowest BCUT2D eigenvalue weighted by atomic mass is 9.84. The number of aryl methyl sites for hydroxylation is 1. The topological polar surface area (TPSA) is 76.4 Å². The minimum atomic E-state index is -3.74. The number of halogens is 2. The normalized spacial score (nSPS) is 17.5. The molecule has 0 unspecified atom stereocenters. The summed E-state index contributed by atoms with van der Waals surface area (Å²) in [5.41, 5.74) is 2.97. The van der Waals surface area contributed by atoms with Crippen LogP contribution in [0.4, 0.5) is 4.39 Å². The Kier molecular flexibility index (Phi) is 5.60. The summed E-state index contributed by atoms with van der Waals surface area (Å²) in [6.45, 7) is 1.94. The van der Waals surface area contributed by atoms with Crippen molar-refractivity contribution in [3.8, 4) is 0 Å². The highest BCUT2D eigenvalue weighted by Gasteiger charge is 2.33. The molecule has 0 aliphatic heterocycles. The van der Waals surface area contributed by atoms with Gasteiger partial charge in [0, 0.05) is 28.3 Å². The largest absolute Gasteiger partial charge is 0.481 e. The fourth-order valence-electron chi connectivity index (χ4n) is 4.81. The van der Waals surface area contributed by atoms with E-state index in [0.717, 1.165) is 35.6 Å². The molecule has 1 aromatic heterocycles. The highest BCUT2D eigenvalue weighted by molar-refractivity contribution is 7.91. The lowest BCUT2D eigenvalue weighted by Crippen LogP contribution is -2.20. The number of carboxylic acid groups (broad SMARTS) is 1. The van der Waals surface area contributed by atoms with E-state index >= 15 is 0 Å². The van der Waals surface area contributed by atoms with E-state index in [1.54, 1.807) is 12.1 Å². The van der Waals surface area contributed by atoms with Gasteiger partial charge in [0.15, 0.2) is 9.84 Å². The van der Waals surface area contributed by atoms with E-state index in [2.05, 4.69) is 0 Å². The molecule has 1 N–H and O–H groups in total. The Balaban J connectivity index is 2.10. The Labute approximate surface area is 185 Å². The number of nitrogens with zero attached hydrogens (tertiary/aromatic N) is 1. The van der Waals surface area contributed by atoms with Crippen molar-refractivity contribution in [1.29, 1.82) is 0 Å². The van der Waals surface area contributed by atoms with E-state index in [4.69, 9.17) is 11.6 Å². The van der Waals surface area contributed by atoms with Crippen molar-refractivity contribution in [1.82, 2.24) is 4.57 Å². The van der Waals surface area contributed by atoms with Crippen LogP contribution in [0.1, 0.15) is 55.0 Å². The van der Waals surface area contributed by atoms with Crippen LogP contribution in [0.5, 0.6) is 0 Å². The quantitative estimate of drug-likeness (QED) is 0.554. The third-order valence-electron chi connectivity index (χ3n) is 6.10. The molecule has 1 aliphatic carbocycles. The highest BCUT2D eigenvalue weighted by Crippen LogP contribution is 2.44. The van der Waals surface area contributed by atoms with Gasteiger partial charge in [-0.25, -0.2) is 12.8 Å². The predicted octanol–water partition coefficient (Wildman–Crippen LogP) is 5.34. The molecule has 0 amide bonds.